The van der Waals surface area contributed by atoms with Crippen LogP contribution in [0.25, 0.3) is 6.08 Å². The van der Waals surface area contributed by atoms with Crippen molar-refractivity contribution >= 4 is 23.6 Å². The highest BCUT2D eigenvalue weighted by molar-refractivity contribution is 6.03. The predicted molar refractivity (Wildman–Crippen MR) is 119 cm³/mol. The zero-order valence-corrected chi connectivity index (χ0v) is 17.0. The van der Waals surface area contributed by atoms with Crippen LogP contribution >= 0.6 is 0 Å². The summed E-state index contributed by atoms with van der Waals surface area (Å²) >= 11 is 0. The Bertz CT molecular complexity index is 1030. The van der Waals surface area contributed by atoms with E-state index < -0.39 is 0 Å². The molecule has 0 fully saturated rings. The molecule has 0 heterocycles. The lowest BCUT2D eigenvalue weighted by atomic mass is 10.1. The first-order valence-electron chi connectivity index (χ1n) is 9.59. The molecule has 0 atom stereocenters. The van der Waals surface area contributed by atoms with E-state index in [1.165, 1.54) is 11.0 Å². The number of amides is 2. The highest BCUT2D eigenvalue weighted by atomic mass is 16.5. The first-order chi connectivity index (χ1) is 14.5. The number of benzene rings is 3. The number of nitrogens with zero attached hydrogens (tertiary/aromatic N) is 1. The van der Waals surface area contributed by atoms with Crippen molar-refractivity contribution in [1.82, 2.24) is 4.90 Å². The summed E-state index contributed by atoms with van der Waals surface area (Å²) in [5.74, 6) is 0.382. The van der Waals surface area contributed by atoms with Crippen molar-refractivity contribution in [3.63, 3.8) is 0 Å². The van der Waals surface area contributed by atoms with Gasteiger partial charge in [-0.25, -0.2) is 0 Å². The van der Waals surface area contributed by atoms with Crippen molar-refractivity contribution in [2.75, 3.05) is 19.4 Å². The summed E-state index contributed by atoms with van der Waals surface area (Å²) in [5, 5.41) is 2.78. The molecule has 0 bridgehead atoms. The molecule has 2 amide bonds. The summed E-state index contributed by atoms with van der Waals surface area (Å²) in [6, 6.07) is 24.4. The lowest BCUT2D eigenvalue weighted by Crippen LogP contribution is -2.21. The van der Waals surface area contributed by atoms with E-state index in [1.807, 2.05) is 54.6 Å². The smallest absolute Gasteiger partial charge is 0.253 e. The van der Waals surface area contributed by atoms with Crippen molar-refractivity contribution in [1.29, 1.82) is 0 Å². The minimum atomic E-state index is -0.270. The van der Waals surface area contributed by atoms with E-state index in [1.54, 1.807) is 44.4 Å². The lowest BCUT2D eigenvalue weighted by molar-refractivity contribution is -0.111. The van der Waals surface area contributed by atoms with Crippen LogP contribution in [0.4, 0.5) is 5.69 Å². The number of carbonyl (C=O) groups is 2. The number of hydrogen-bond donors (Lipinski definition) is 1. The maximum atomic E-state index is 12.2. The van der Waals surface area contributed by atoms with Gasteiger partial charge in [0.1, 0.15) is 12.4 Å². The first kappa shape index (κ1) is 20.9. The average Bonchev–Trinajstić information content (AvgIpc) is 2.77. The Labute approximate surface area is 176 Å². The van der Waals surface area contributed by atoms with Gasteiger partial charge in [-0.1, -0.05) is 48.5 Å². The molecule has 5 heteroatoms. The van der Waals surface area contributed by atoms with Crippen LogP contribution in [-0.4, -0.2) is 30.8 Å². The summed E-state index contributed by atoms with van der Waals surface area (Å²) < 4.78 is 5.76. The molecular formula is C25H24N2O3. The maximum Gasteiger partial charge on any atom is 0.253 e. The molecule has 0 aliphatic rings. The molecule has 5 nitrogen and oxygen atoms in total. The largest absolute Gasteiger partial charge is 0.489 e. The van der Waals surface area contributed by atoms with Gasteiger partial charge in [-0.05, 0) is 47.5 Å². The Balaban J connectivity index is 1.54. The second-order valence-corrected chi connectivity index (χ2v) is 6.95. The van der Waals surface area contributed by atoms with E-state index in [4.69, 9.17) is 4.74 Å². The van der Waals surface area contributed by atoms with Crippen molar-refractivity contribution < 1.29 is 14.3 Å². The van der Waals surface area contributed by atoms with Gasteiger partial charge in [0.2, 0.25) is 5.91 Å². The number of carbonyl (C=O) groups excluding carboxylic acids is 2. The van der Waals surface area contributed by atoms with Crippen molar-refractivity contribution in [2.45, 2.75) is 6.61 Å². The van der Waals surface area contributed by atoms with Crippen LogP contribution in [0.5, 0.6) is 5.75 Å². The van der Waals surface area contributed by atoms with Crippen LogP contribution in [0.2, 0.25) is 0 Å². The predicted octanol–water partition coefficient (Wildman–Crippen LogP) is 4.62. The molecule has 3 rings (SSSR count). The van der Waals surface area contributed by atoms with Crippen LogP contribution in [0.3, 0.4) is 0 Å². The third-order valence-corrected chi connectivity index (χ3v) is 4.34. The fourth-order valence-electron chi connectivity index (χ4n) is 2.76. The Morgan fingerprint density at radius 2 is 1.67 bits per heavy atom. The lowest BCUT2D eigenvalue weighted by Gasteiger charge is -2.11. The molecule has 0 spiro atoms. The van der Waals surface area contributed by atoms with Crippen molar-refractivity contribution in [3.8, 4) is 5.75 Å². The second kappa shape index (κ2) is 10.1. The molecule has 0 radical (unpaired) electrons. The van der Waals surface area contributed by atoms with Crippen molar-refractivity contribution in [3.05, 3.63) is 102 Å². The van der Waals surface area contributed by atoms with Crippen LogP contribution in [-0.2, 0) is 11.4 Å². The molecule has 1 N–H and O–H groups in total. The summed E-state index contributed by atoms with van der Waals surface area (Å²) in [6.07, 6.45) is 3.19. The van der Waals surface area contributed by atoms with Gasteiger partial charge < -0.3 is 15.0 Å². The highest BCUT2D eigenvalue weighted by Crippen LogP contribution is 2.16. The Morgan fingerprint density at radius 3 is 2.37 bits per heavy atom. The standard InChI is InChI=1S/C25H24N2O3/c1-27(2)25(29)21-9-6-10-22(17-21)26-24(28)16-13-19-11-14-23(15-12-19)30-18-20-7-4-3-5-8-20/h3-17H,18H2,1-2H3,(H,26,28)/b16-13+. The van der Waals surface area contributed by atoms with E-state index in [0.717, 1.165) is 16.9 Å². The summed E-state index contributed by atoms with van der Waals surface area (Å²) in [5.41, 5.74) is 3.08. The molecule has 30 heavy (non-hydrogen) atoms. The molecule has 0 aliphatic carbocycles. The van der Waals surface area contributed by atoms with Gasteiger partial charge in [0.15, 0.2) is 0 Å². The van der Waals surface area contributed by atoms with Crippen molar-refractivity contribution in [2.24, 2.45) is 0 Å². The van der Waals surface area contributed by atoms with E-state index in [0.29, 0.717) is 17.9 Å². The average molecular weight is 400 g/mol. The zero-order chi connectivity index (χ0) is 21.3. The van der Waals surface area contributed by atoms with Crippen LogP contribution in [0.15, 0.2) is 84.9 Å². The third-order valence-electron chi connectivity index (χ3n) is 4.34. The SMILES string of the molecule is CN(C)C(=O)c1cccc(NC(=O)/C=C/c2ccc(OCc3ccccc3)cc2)c1. The van der Waals surface area contributed by atoms with Crippen LogP contribution in [0.1, 0.15) is 21.5 Å². The molecular weight excluding hydrogens is 376 g/mol. The zero-order valence-electron chi connectivity index (χ0n) is 17.0. The van der Waals surface area contributed by atoms with E-state index in [9.17, 15) is 9.59 Å². The molecule has 3 aromatic rings. The number of rotatable bonds is 7. The highest BCUT2D eigenvalue weighted by Gasteiger charge is 2.08. The van der Waals surface area contributed by atoms with E-state index >= 15 is 0 Å². The molecule has 152 valence electrons. The third kappa shape index (κ3) is 6.07. The number of nitrogens with one attached hydrogen (secondary N) is 1. The molecule has 0 saturated heterocycles. The number of ether oxygens (including phenoxy) is 1. The molecule has 0 aliphatic heterocycles. The minimum Gasteiger partial charge on any atom is -0.489 e. The fourth-order valence-corrected chi connectivity index (χ4v) is 2.76. The summed E-state index contributed by atoms with van der Waals surface area (Å²) in [4.78, 5) is 25.7. The molecule has 0 aromatic heterocycles. The van der Waals surface area contributed by atoms with E-state index in [-0.39, 0.29) is 11.8 Å². The minimum absolute atomic E-state index is 0.115. The van der Waals surface area contributed by atoms with Gasteiger partial charge in [0, 0.05) is 31.4 Å². The fraction of sp³-hybridized carbons (Fsp3) is 0.120. The summed E-state index contributed by atoms with van der Waals surface area (Å²) in [7, 11) is 3.38. The number of anilines is 1. The summed E-state index contributed by atoms with van der Waals surface area (Å²) in [6.45, 7) is 0.508. The topological polar surface area (TPSA) is 58.6 Å². The molecule has 0 saturated carbocycles. The monoisotopic (exact) mass is 400 g/mol. The van der Waals surface area contributed by atoms with Gasteiger partial charge in [-0.15, -0.1) is 0 Å². The van der Waals surface area contributed by atoms with E-state index in [2.05, 4.69) is 5.32 Å². The van der Waals surface area contributed by atoms with Crippen LogP contribution in [0, 0.1) is 0 Å². The first-order valence-corrected chi connectivity index (χ1v) is 9.59. The Morgan fingerprint density at radius 1 is 0.933 bits per heavy atom. The maximum absolute atomic E-state index is 12.2. The van der Waals surface area contributed by atoms with Gasteiger partial charge in [0.05, 0.1) is 0 Å². The molecule has 0 unspecified atom stereocenters. The van der Waals surface area contributed by atoms with Gasteiger partial charge >= 0.3 is 0 Å². The number of hydrogen-bond acceptors (Lipinski definition) is 3. The quantitative estimate of drug-likeness (QED) is 0.589. The van der Waals surface area contributed by atoms with Gasteiger partial charge in [-0.3, -0.25) is 9.59 Å². The normalized spacial score (nSPS) is 10.6. The second-order valence-electron chi connectivity index (χ2n) is 6.95. The Kier molecular flexibility index (Phi) is 7.00. The Hall–Kier alpha value is -3.86. The van der Waals surface area contributed by atoms with Gasteiger partial charge in [0.25, 0.3) is 5.91 Å². The van der Waals surface area contributed by atoms with Crippen LogP contribution < -0.4 is 10.1 Å². The molecule has 3 aromatic carbocycles. The van der Waals surface area contributed by atoms with Gasteiger partial charge in [-0.2, -0.15) is 0 Å².